The van der Waals surface area contributed by atoms with Crippen LogP contribution in [0.2, 0.25) is 0 Å². The minimum Gasteiger partial charge on any atom is -0.354 e. The third-order valence-corrected chi connectivity index (χ3v) is 4.77. The van der Waals surface area contributed by atoms with Crippen molar-refractivity contribution in [2.75, 3.05) is 18.0 Å². The molecule has 0 amide bonds. The molecule has 3 heterocycles. The summed E-state index contributed by atoms with van der Waals surface area (Å²) in [6.45, 7) is 4.23. The summed E-state index contributed by atoms with van der Waals surface area (Å²) in [4.78, 5) is 11.7. The van der Waals surface area contributed by atoms with E-state index in [0.717, 1.165) is 24.4 Å². The fourth-order valence-electron chi connectivity index (χ4n) is 2.09. The van der Waals surface area contributed by atoms with Crippen molar-refractivity contribution in [3.63, 3.8) is 0 Å². The normalized spacial score (nSPS) is 20.9. The molecule has 2 aromatic heterocycles. The molecule has 0 radical (unpaired) electrons. The second-order valence-electron chi connectivity index (χ2n) is 4.13. The van der Waals surface area contributed by atoms with Gasteiger partial charge in [0, 0.05) is 17.9 Å². The summed E-state index contributed by atoms with van der Waals surface area (Å²) in [5.41, 5.74) is 2.35. The number of hydrogen-bond donors (Lipinski definition) is 0. The monoisotopic (exact) mass is 297 g/mol. The number of nitrogens with zero attached hydrogens (tertiary/aromatic N) is 3. The fourth-order valence-corrected chi connectivity index (χ4v) is 3.67. The van der Waals surface area contributed by atoms with Gasteiger partial charge in [0.2, 0.25) is 0 Å². The highest BCUT2D eigenvalue weighted by molar-refractivity contribution is 9.09. The molecule has 16 heavy (non-hydrogen) atoms. The lowest BCUT2D eigenvalue weighted by Crippen LogP contribution is -2.20. The first-order valence-corrected chi connectivity index (χ1v) is 7.13. The smallest absolute Gasteiger partial charge is 0.150 e. The summed E-state index contributed by atoms with van der Waals surface area (Å²) in [6.07, 6.45) is 2.87. The van der Waals surface area contributed by atoms with E-state index < -0.39 is 0 Å². The summed E-state index contributed by atoms with van der Waals surface area (Å²) in [5, 5.41) is 2.16. The van der Waals surface area contributed by atoms with E-state index in [9.17, 15) is 0 Å². The van der Waals surface area contributed by atoms with Crippen LogP contribution in [0.5, 0.6) is 0 Å². The maximum absolute atomic E-state index is 4.44. The van der Waals surface area contributed by atoms with Crippen molar-refractivity contribution in [3.8, 4) is 0 Å². The molecule has 0 spiro atoms. The quantitative estimate of drug-likeness (QED) is 0.758. The molecule has 0 bridgehead atoms. The maximum Gasteiger partial charge on any atom is 0.150 e. The Balaban J connectivity index is 2.09. The van der Waals surface area contributed by atoms with Crippen LogP contribution in [0.25, 0.3) is 10.2 Å². The van der Waals surface area contributed by atoms with E-state index in [1.54, 1.807) is 17.7 Å². The van der Waals surface area contributed by atoms with Gasteiger partial charge in [0.05, 0.1) is 10.2 Å². The number of aryl methyl sites for hydroxylation is 1. The largest absolute Gasteiger partial charge is 0.354 e. The highest BCUT2D eigenvalue weighted by Crippen LogP contribution is 2.33. The van der Waals surface area contributed by atoms with Gasteiger partial charge in [0.1, 0.15) is 12.1 Å². The number of fused-ring (bicyclic) bond motifs is 1. The second kappa shape index (κ2) is 3.96. The molecule has 1 saturated heterocycles. The minimum absolute atomic E-state index is 0.596. The van der Waals surface area contributed by atoms with Crippen molar-refractivity contribution < 1.29 is 0 Å². The van der Waals surface area contributed by atoms with E-state index in [1.807, 2.05) is 0 Å². The number of rotatable bonds is 1. The van der Waals surface area contributed by atoms with Crippen LogP contribution in [-0.2, 0) is 0 Å². The SMILES string of the molecule is Cc1csc2c(N3CCC(Br)C3)ncnc12. The Hall–Kier alpha value is -0.680. The number of aromatic nitrogens is 2. The van der Waals surface area contributed by atoms with E-state index in [2.05, 4.69) is 43.1 Å². The third kappa shape index (κ3) is 1.62. The number of alkyl halides is 1. The molecular weight excluding hydrogens is 286 g/mol. The van der Waals surface area contributed by atoms with E-state index in [4.69, 9.17) is 0 Å². The molecule has 3 nitrogen and oxygen atoms in total. The Labute approximate surface area is 107 Å². The zero-order valence-corrected chi connectivity index (χ0v) is 11.4. The van der Waals surface area contributed by atoms with Crippen molar-refractivity contribution in [3.05, 3.63) is 17.3 Å². The molecule has 1 aliphatic heterocycles. The zero-order chi connectivity index (χ0) is 11.1. The fraction of sp³-hybridized carbons (Fsp3) is 0.455. The van der Waals surface area contributed by atoms with Crippen LogP contribution < -0.4 is 4.90 Å². The molecule has 0 aromatic carbocycles. The molecule has 1 unspecified atom stereocenters. The summed E-state index contributed by atoms with van der Waals surface area (Å²) in [5.74, 6) is 1.10. The molecule has 0 aliphatic carbocycles. The van der Waals surface area contributed by atoms with Crippen molar-refractivity contribution in [2.24, 2.45) is 0 Å². The van der Waals surface area contributed by atoms with Crippen LogP contribution in [0.4, 0.5) is 5.82 Å². The zero-order valence-electron chi connectivity index (χ0n) is 8.98. The summed E-state index contributed by atoms with van der Waals surface area (Å²) in [7, 11) is 0. The van der Waals surface area contributed by atoms with Gasteiger partial charge in [-0.25, -0.2) is 9.97 Å². The van der Waals surface area contributed by atoms with Gasteiger partial charge in [-0.3, -0.25) is 0 Å². The van der Waals surface area contributed by atoms with E-state index in [0.29, 0.717) is 4.83 Å². The molecule has 2 aromatic rings. The lowest BCUT2D eigenvalue weighted by Gasteiger charge is -2.16. The Morgan fingerprint density at radius 1 is 1.50 bits per heavy atom. The lowest BCUT2D eigenvalue weighted by atomic mass is 10.3. The summed E-state index contributed by atoms with van der Waals surface area (Å²) >= 11 is 5.41. The Morgan fingerprint density at radius 2 is 2.38 bits per heavy atom. The predicted octanol–water partition coefficient (Wildman–Crippen LogP) is 2.97. The van der Waals surface area contributed by atoms with E-state index in [-0.39, 0.29) is 0 Å². The highest BCUT2D eigenvalue weighted by atomic mass is 79.9. The number of hydrogen-bond acceptors (Lipinski definition) is 4. The number of anilines is 1. The molecule has 0 N–H and O–H groups in total. The average molecular weight is 298 g/mol. The lowest BCUT2D eigenvalue weighted by molar-refractivity contribution is 0.941. The van der Waals surface area contributed by atoms with Crippen molar-refractivity contribution in [1.82, 2.24) is 9.97 Å². The summed E-state index contributed by atoms with van der Waals surface area (Å²) in [6, 6.07) is 0. The van der Waals surface area contributed by atoms with Crippen LogP contribution >= 0.6 is 27.3 Å². The molecule has 5 heteroatoms. The molecular formula is C11H12BrN3S. The van der Waals surface area contributed by atoms with Crippen LogP contribution in [0.1, 0.15) is 12.0 Å². The van der Waals surface area contributed by atoms with Crippen LogP contribution in [0.3, 0.4) is 0 Å². The van der Waals surface area contributed by atoms with Gasteiger partial charge in [-0.15, -0.1) is 11.3 Å². The highest BCUT2D eigenvalue weighted by Gasteiger charge is 2.23. The van der Waals surface area contributed by atoms with Crippen LogP contribution in [-0.4, -0.2) is 27.9 Å². The molecule has 84 valence electrons. The Morgan fingerprint density at radius 3 is 3.12 bits per heavy atom. The Kier molecular flexibility index (Phi) is 2.59. The standard InChI is InChI=1S/C11H12BrN3S/c1-7-5-16-10-9(7)13-6-14-11(10)15-3-2-8(12)4-15/h5-6,8H,2-4H2,1H3. The predicted molar refractivity (Wildman–Crippen MR) is 71.7 cm³/mol. The van der Waals surface area contributed by atoms with Crippen molar-refractivity contribution >= 4 is 43.3 Å². The van der Waals surface area contributed by atoms with Gasteiger partial charge < -0.3 is 4.90 Å². The van der Waals surface area contributed by atoms with Gasteiger partial charge >= 0.3 is 0 Å². The second-order valence-corrected chi connectivity index (χ2v) is 6.30. The van der Waals surface area contributed by atoms with E-state index >= 15 is 0 Å². The first-order valence-electron chi connectivity index (χ1n) is 5.33. The minimum atomic E-state index is 0.596. The molecule has 1 atom stereocenters. The van der Waals surface area contributed by atoms with Gasteiger partial charge in [-0.05, 0) is 24.3 Å². The van der Waals surface area contributed by atoms with Crippen LogP contribution in [0.15, 0.2) is 11.7 Å². The Bertz CT molecular complexity index is 525. The van der Waals surface area contributed by atoms with Gasteiger partial charge in [0.15, 0.2) is 0 Å². The molecule has 3 rings (SSSR count). The first kappa shape index (κ1) is 10.5. The van der Waals surface area contributed by atoms with E-state index in [1.165, 1.54) is 16.7 Å². The van der Waals surface area contributed by atoms with Gasteiger partial charge in [-0.2, -0.15) is 0 Å². The topological polar surface area (TPSA) is 29.0 Å². The number of halogens is 1. The molecule has 0 saturated carbocycles. The average Bonchev–Trinajstić information content (AvgIpc) is 2.86. The maximum atomic E-state index is 4.44. The molecule has 1 aliphatic rings. The first-order chi connectivity index (χ1) is 7.75. The van der Waals surface area contributed by atoms with Crippen molar-refractivity contribution in [1.29, 1.82) is 0 Å². The molecule has 1 fully saturated rings. The number of thiophene rings is 1. The van der Waals surface area contributed by atoms with Crippen LogP contribution in [0, 0.1) is 6.92 Å². The third-order valence-electron chi connectivity index (χ3n) is 2.94. The van der Waals surface area contributed by atoms with Gasteiger partial charge in [0.25, 0.3) is 0 Å². The summed E-state index contributed by atoms with van der Waals surface area (Å²) < 4.78 is 1.22. The van der Waals surface area contributed by atoms with Crippen molar-refractivity contribution in [2.45, 2.75) is 18.2 Å². The van der Waals surface area contributed by atoms with Gasteiger partial charge in [-0.1, -0.05) is 15.9 Å².